The van der Waals surface area contributed by atoms with Crippen molar-refractivity contribution in [2.45, 2.75) is 45.2 Å². The summed E-state index contributed by atoms with van der Waals surface area (Å²) in [6, 6.07) is 2.04. The van der Waals surface area contributed by atoms with Crippen LogP contribution >= 0.6 is 0 Å². The van der Waals surface area contributed by atoms with Gasteiger partial charge in [-0.25, -0.2) is 0 Å². The lowest BCUT2D eigenvalue weighted by Crippen LogP contribution is -2.34. The molecule has 1 saturated heterocycles. The smallest absolute Gasteiger partial charge is 0.137 e. The lowest BCUT2D eigenvalue weighted by Gasteiger charge is -2.32. The number of hydrogen-bond donors (Lipinski definition) is 0. The topological polar surface area (TPSA) is 47.1 Å². The number of nitrogens with zero attached hydrogens (tertiary/aromatic N) is 4. The molecule has 2 aromatic heterocycles. The molecule has 0 amide bonds. The van der Waals surface area contributed by atoms with E-state index in [4.69, 9.17) is 4.42 Å². The van der Waals surface area contributed by atoms with E-state index in [9.17, 15) is 0 Å². The molecule has 5 nitrogen and oxygen atoms in total. The van der Waals surface area contributed by atoms with E-state index in [1.807, 2.05) is 18.7 Å². The van der Waals surface area contributed by atoms with Gasteiger partial charge in [-0.1, -0.05) is 6.92 Å². The number of furan rings is 1. The van der Waals surface area contributed by atoms with Crippen LogP contribution in [-0.2, 0) is 13.1 Å². The summed E-state index contributed by atoms with van der Waals surface area (Å²) < 4.78 is 7.37. The normalized spacial score (nSPS) is 20.4. The first-order valence-corrected chi connectivity index (χ1v) is 7.48. The summed E-state index contributed by atoms with van der Waals surface area (Å²) in [6.07, 6.45) is 9.01. The molecule has 108 valence electrons. The van der Waals surface area contributed by atoms with Crippen molar-refractivity contribution < 1.29 is 4.42 Å². The lowest BCUT2D eigenvalue weighted by molar-refractivity contribution is 0.194. The molecule has 0 N–H and O–H groups in total. The zero-order valence-electron chi connectivity index (χ0n) is 12.0. The Hall–Kier alpha value is -1.62. The fourth-order valence-electron chi connectivity index (χ4n) is 3.04. The first-order valence-electron chi connectivity index (χ1n) is 7.48. The third-order valence-corrected chi connectivity index (χ3v) is 3.97. The Morgan fingerprint density at radius 3 is 3.20 bits per heavy atom. The van der Waals surface area contributed by atoms with Crippen LogP contribution in [-0.4, -0.2) is 32.8 Å². The molecule has 1 atom stereocenters. The maximum Gasteiger partial charge on any atom is 0.137 e. The van der Waals surface area contributed by atoms with Gasteiger partial charge in [-0.05, 0) is 31.9 Å². The highest BCUT2D eigenvalue weighted by molar-refractivity contribution is 5.06. The molecule has 2 aromatic rings. The maximum atomic E-state index is 5.15. The molecule has 0 unspecified atom stereocenters. The average molecular weight is 274 g/mol. The minimum Gasteiger partial charge on any atom is -0.472 e. The van der Waals surface area contributed by atoms with Crippen molar-refractivity contribution in [3.05, 3.63) is 36.3 Å². The van der Waals surface area contributed by atoms with E-state index < -0.39 is 0 Å². The number of hydrogen-bond acceptors (Lipinski definition) is 4. The minimum absolute atomic E-state index is 0.504. The Kier molecular flexibility index (Phi) is 4.16. The van der Waals surface area contributed by atoms with Crippen LogP contribution in [0.3, 0.4) is 0 Å². The molecule has 0 aliphatic carbocycles. The van der Waals surface area contributed by atoms with Crippen LogP contribution < -0.4 is 0 Å². The quantitative estimate of drug-likeness (QED) is 0.841. The Labute approximate surface area is 119 Å². The van der Waals surface area contributed by atoms with Crippen LogP contribution in [0.25, 0.3) is 0 Å². The van der Waals surface area contributed by atoms with E-state index in [-0.39, 0.29) is 0 Å². The predicted molar refractivity (Wildman–Crippen MR) is 76.3 cm³/mol. The van der Waals surface area contributed by atoms with Gasteiger partial charge < -0.3 is 8.98 Å². The number of aryl methyl sites for hydroxylation is 1. The number of piperidine rings is 1. The largest absolute Gasteiger partial charge is 0.472 e. The third-order valence-electron chi connectivity index (χ3n) is 3.97. The highest BCUT2D eigenvalue weighted by atomic mass is 16.3. The van der Waals surface area contributed by atoms with Crippen molar-refractivity contribution in [3.8, 4) is 0 Å². The maximum absolute atomic E-state index is 5.15. The van der Waals surface area contributed by atoms with Gasteiger partial charge in [0.2, 0.25) is 0 Å². The van der Waals surface area contributed by atoms with Crippen molar-refractivity contribution in [1.82, 2.24) is 19.7 Å². The lowest BCUT2D eigenvalue weighted by atomic mass is 9.97. The van der Waals surface area contributed by atoms with Crippen molar-refractivity contribution in [2.75, 3.05) is 13.1 Å². The van der Waals surface area contributed by atoms with Gasteiger partial charge >= 0.3 is 0 Å². The number of rotatable bonds is 5. The van der Waals surface area contributed by atoms with Gasteiger partial charge in [0.15, 0.2) is 0 Å². The summed E-state index contributed by atoms with van der Waals surface area (Å²) in [6.45, 7) is 6.39. The summed E-state index contributed by atoms with van der Waals surface area (Å²) in [5.41, 5.74) is 1.25. The second kappa shape index (κ2) is 6.22. The second-order valence-electron chi connectivity index (χ2n) is 5.59. The molecule has 1 fully saturated rings. The summed E-state index contributed by atoms with van der Waals surface area (Å²) >= 11 is 0. The van der Waals surface area contributed by atoms with Crippen LogP contribution in [0.5, 0.6) is 0 Å². The summed E-state index contributed by atoms with van der Waals surface area (Å²) in [5, 5.41) is 8.45. The van der Waals surface area contributed by atoms with E-state index in [0.717, 1.165) is 38.4 Å². The number of aromatic nitrogens is 3. The molecule has 1 aliphatic rings. The monoisotopic (exact) mass is 274 g/mol. The zero-order valence-corrected chi connectivity index (χ0v) is 12.0. The minimum atomic E-state index is 0.504. The van der Waals surface area contributed by atoms with Crippen molar-refractivity contribution in [1.29, 1.82) is 0 Å². The SMILES string of the molecule is CCCn1cnnc1[C@@H]1CCCN(Cc2ccoc2)C1. The molecule has 3 heterocycles. The van der Waals surface area contributed by atoms with Gasteiger partial charge in [0.05, 0.1) is 12.5 Å². The molecule has 0 radical (unpaired) electrons. The highest BCUT2D eigenvalue weighted by Crippen LogP contribution is 2.26. The van der Waals surface area contributed by atoms with Gasteiger partial charge in [-0.15, -0.1) is 10.2 Å². The summed E-state index contributed by atoms with van der Waals surface area (Å²) in [7, 11) is 0. The van der Waals surface area contributed by atoms with E-state index in [1.165, 1.54) is 18.4 Å². The fraction of sp³-hybridized carbons (Fsp3) is 0.600. The van der Waals surface area contributed by atoms with E-state index in [0.29, 0.717) is 5.92 Å². The average Bonchev–Trinajstić information content (AvgIpc) is 3.11. The Morgan fingerprint density at radius 2 is 2.40 bits per heavy atom. The van der Waals surface area contributed by atoms with Gasteiger partial charge in [0.1, 0.15) is 12.2 Å². The Balaban J connectivity index is 1.66. The molecule has 0 saturated carbocycles. The van der Waals surface area contributed by atoms with Crippen LogP contribution in [0.15, 0.2) is 29.3 Å². The van der Waals surface area contributed by atoms with E-state index in [2.05, 4.69) is 26.6 Å². The second-order valence-corrected chi connectivity index (χ2v) is 5.59. The van der Waals surface area contributed by atoms with Crippen molar-refractivity contribution in [2.24, 2.45) is 0 Å². The van der Waals surface area contributed by atoms with E-state index >= 15 is 0 Å². The van der Waals surface area contributed by atoms with Crippen LogP contribution in [0.2, 0.25) is 0 Å². The van der Waals surface area contributed by atoms with Gasteiger partial charge in [-0.2, -0.15) is 0 Å². The molecule has 5 heteroatoms. The standard InChI is InChI=1S/C15H22N4O/c1-2-6-19-12-16-17-15(19)14-4-3-7-18(10-14)9-13-5-8-20-11-13/h5,8,11-12,14H,2-4,6-7,9-10H2,1H3/t14-/m1/s1. The molecule has 0 bridgehead atoms. The molecule has 0 aromatic carbocycles. The van der Waals surface area contributed by atoms with Crippen molar-refractivity contribution >= 4 is 0 Å². The molecule has 1 aliphatic heterocycles. The van der Waals surface area contributed by atoms with E-state index in [1.54, 1.807) is 6.26 Å². The molecule has 3 rings (SSSR count). The first kappa shape index (κ1) is 13.4. The van der Waals surface area contributed by atoms with Gasteiger partial charge in [0.25, 0.3) is 0 Å². The molecular formula is C15H22N4O. The Bertz CT molecular complexity index is 520. The van der Waals surface area contributed by atoms with Crippen molar-refractivity contribution in [3.63, 3.8) is 0 Å². The van der Waals surface area contributed by atoms with Gasteiger partial charge in [-0.3, -0.25) is 4.90 Å². The highest BCUT2D eigenvalue weighted by Gasteiger charge is 2.25. The Morgan fingerprint density at radius 1 is 1.45 bits per heavy atom. The predicted octanol–water partition coefficient (Wildman–Crippen LogP) is 2.66. The van der Waals surface area contributed by atoms with Gasteiger partial charge in [0, 0.05) is 31.1 Å². The summed E-state index contributed by atoms with van der Waals surface area (Å²) in [4.78, 5) is 2.49. The summed E-state index contributed by atoms with van der Waals surface area (Å²) in [5.74, 6) is 1.66. The molecular weight excluding hydrogens is 252 g/mol. The van der Waals surface area contributed by atoms with Crippen LogP contribution in [0, 0.1) is 0 Å². The zero-order chi connectivity index (χ0) is 13.8. The molecule has 0 spiro atoms. The van der Waals surface area contributed by atoms with Crippen LogP contribution in [0.4, 0.5) is 0 Å². The molecule has 20 heavy (non-hydrogen) atoms. The van der Waals surface area contributed by atoms with Crippen LogP contribution in [0.1, 0.15) is 43.5 Å². The fourth-order valence-corrected chi connectivity index (χ4v) is 3.04. The third kappa shape index (κ3) is 2.93. The number of likely N-dealkylation sites (tertiary alicyclic amines) is 1. The first-order chi connectivity index (χ1) is 9.86.